The van der Waals surface area contributed by atoms with Gasteiger partial charge in [0.1, 0.15) is 4.62 Å². The summed E-state index contributed by atoms with van der Waals surface area (Å²) in [7, 11) is 0. The average molecular weight is 395 g/mol. The van der Waals surface area contributed by atoms with Gasteiger partial charge in [-0.15, -0.1) is 31.5 Å². The molecule has 0 saturated heterocycles. The van der Waals surface area contributed by atoms with Crippen molar-refractivity contribution in [2.45, 2.75) is 3.79 Å². The third-order valence-electron chi connectivity index (χ3n) is 0.445. The van der Waals surface area contributed by atoms with Gasteiger partial charge in [-0.05, 0) is 15.9 Å². The van der Waals surface area contributed by atoms with Crippen LogP contribution in [0.4, 0.5) is 0 Å². The Morgan fingerprint density at radius 3 is 1.80 bits per heavy atom. The van der Waals surface area contributed by atoms with Crippen LogP contribution in [-0.4, -0.2) is 12.9 Å². The van der Waals surface area contributed by atoms with E-state index in [0.29, 0.717) is 0 Å². The van der Waals surface area contributed by atoms with Gasteiger partial charge in [-0.25, -0.2) is 0 Å². The van der Waals surface area contributed by atoms with Crippen LogP contribution in [0.5, 0.6) is 0 Å². The summed E-state index contributed by atoms with van der Waals surface area (Å²) in [6, 6.07) is 0. The number of nitrogens with zero attached hydrogens (tertiary/aromatic N) is 1. The molecule has 0 rings (SSSR count). The lowest BCUT2D eigenvalue weighted by molar-refractivity contribution is 1.61. The summed E-state index contributed by atoms with van der Waals surface area (Å²) >= 11 is 25.5. The third kappa shape index (κ3) is 5.66. The van der Waals surface area contributed by atoms with Gasteiger partial charge in [0.25, 0.3) is 0 Å². The Kier molecular flexibility index (Phi) is 5.93. The highest BCUT2D eigenvalue weighted by molar-refractivity contribution is 9.49. The Morgan fingerprint density at radius 2 is 1.70 bits per heavy atom. The second-order valence-electron chi connectivity index (χ2n) is 1.20. The number of halogens is 6. The number of alkyl halides is 3. The first-order valence-electron chi connectivity index (χ1n) is 1.92. The normalized spacial score (nSPS) is 13.6. The Morgan fingerprint density at radius 1 is 1.30 bits per heavy atom. The van der Waals surface area contributed by atoms with Crippen LogP contribution in [-0.2, 0) is 0 Å². The van der Waals surface area contributed by atoms with Crippen molar-refractivity contribution in [1.82, 2.24) is 0 Å². The minimum atomic E-state index is -1.49. The summed E-state index contributed by atoms with van der Waals surface area (Å²) in [5.41, 5.74) is 0. The van der Waals surface area contributed by atoms with Crippen molar-refractivity contribution in [3.8, 4) is 0 Å². The molecular formula is C2BBr3Cl3N. The fourth-order valence-corrected chi connectivity index (χ4v) is 1.47. The van der Waals surface area contributed by atoms with Gasteiger partial charge < -0.3 is 4.90 Å². The lowest BCUT2D eigenvalue weighted by Gasteiger charge is -2.07. The summed E-state index contributed by atoms with van der Waals surface area (Å²) in [5, 5.41) is 0. The van der Waals surface area contributed by atoms with Crippen LogP contribution in [0.15, 0.2) is 4.90 Å². The predicted molar refractivity (Wildman–Crippen MR) is 60.3 cm³/mol. The molecular weight excluding hydrogens is 395 g/mol. The van der Waals surface area contributed by atoms with E-state index in [9.17, 15) is 0 Å². The van der Waals surface area contributed by atoms with Gasteiger partial charge in [-0.3, -0.25) is 0 Å². The zero-order chi connectivity index (χ0) is 8.36. The number of hydrogen-bond acceptors (Lipinski definition) is 1. The molecule has 0 aromatic rings. The van der Waals surface area contributed by atoms with E-state index in [1.165, 1.54) is 0 Å². The molecule has 0 aliphatic heterocycles. The minimum Gasteiger partial charge on any atom is -0.308 e. The highest BCUT2D eigenvalue weighted by atomic mass is 79.9. The Balaban J connectivity index is 4.20. The molecule has 0 aromatic heterocycles. The van der Waals surface area contributed by atoms with Crippen molar-refractivity contribution < 1.29 is 0 Å². The van der Waals surface area contributed by atoms with E-state index in [0.717, 1.165) is 0 Å². The molecule has 1 nitrogen and oxygen atoms in total. The quantitative estimate of drug-likeness (QED) is 0.363. The van der Waals surface area contributed by atoms with Crippen molar-refractivity contribution in [2.75, 3.05) is 0 Å². The van der Waals surface area contributed by atoms with E-state index in [4.69, 9.17) is 34.8 Å². The summed E-state index contributed by atoms with van der Waals surface area (Å²) < 4.78 is -1.48. The molecule has 0 atom stereocenters. The van der Waals surface area contributed by atoms with Crippen LogP contribution >= 0.6 is 82.2 Å². The van der Waals surface area contributed by atoms with Crippen molar-refractivity contribution in [3.63, 3.8) is 0 Å². The first-order chi connectivity index (χ1) is 4.34. The monoisotopic (exact) mass is 391 g/mol. The summed E-state index contributed by atoms with van der Waals surface area (Å²) in [5.74, 6) is 0. The SMILES string of the molecule is ClC(Cl)(Cl)C(Br)=NB(Br)Br. The average Bonchev–Trinajstić information content (AvgIpc) is 1.60. The van der Waals surface area contributed by atoms with E-state index in [1.54, 1.807) is 0 Å². The summed E-state index contributed by atoms with van der Waals surface area (Å²) in [6.07, 6.45) is 0. The molecule has 8 heteroatoms. The molecule has 0 amide bonds. The van der Waals surface area contributed by atoms with Gasteiger partial charge in [-0.1, -0.05) is 34.8 Å². The lowest BCUT2D eigenvalue weighted by atomic mass is 10.4. The van der Waals surface area contributed by atoms with Crippen molar-refractivity contribution in [3.05, 3.63) is 0 Å². The maximum Gasteiger partial charge on any atom is 0.429 e. The first-order valence-corrected chi connectivity index (χ1v) is 5.68. The molecule has 0 aliphatic carbocycles. The van der Waals surface area contributed by atoms with Gasteiger partial charge in [-0.2, -0.15) is 0 Å². The van der Waals surface area contributed by atoms with Crippen LogP contribution in [0.2, 0.25) is 0 Å². The largest absolute Gasteiger partial charge is 0.429 e. The molecule has 0 saturated carbocycles. The van der Waals surface area contributed by atoms with Gasteiger partial charge in [0.15, 0.2) is 0 Å². The van der Waals surface area contributed by atoms with E-state index < -0.39 is 3.79 Å². The smallest absolute Gasteiger partial charge is 0.308 e. The van der Waals surface area contributed by atoms with Crippen LogP contribution < -0.4 is 0 Å². The van der Waals surface area contributed by atoms with E-state index in [-0.39, 0.29) is 9.12 Å². The fraction of sp³-hybridized carbons (Fsp3) is 0.500. The van der Waals surface area contributed by atoms with E-state index in [2.05, 4.69) is 52.3 Å². The molecule has 0 bridgehead atoms. The zero-order valence-electron chi connectivity index (χ0n) is 4.29. The van der Waals surface area contributed by atoms with Crippen LogP contribution in [0, 0.1) is 0 Å². The Labute approximate surface area is 99.0 Å². The predicted octanol–water partition coefficient (Wildman–Crippen LogP) is 3.92. The van der Waals surface area contributed by atoms with Crippen LogP contribution in [0.25, 0.3) is 0 Å². The van der Waals surface area contributed by atoms with E-state index in [1.807, 2.05) is 0 Å². The maximum atomic E-state index is 5.44. The molecule has 10 heavy (non-hydrogen) atoms. The molecule has 0 unspecified atom stereocenters. The minimum absolute atomic E-state index is 0.245. The van der Waals surface area contributed by atoms with Crippen molar-refractivity contribution in [1.29, 1.82) is 0 Å². The van der Waals surface area contributed by atoms with Crippen molar-refractivity contribution >= 4 is 91.4 Å². The third-order valence-corrected chi connectivity index (χ3v) is 2.88. The van der Waals surface area contributed by atoms with Gasteiger partial charge in [0, 0.05) is 0 Å². The molecule has 58 valence electrons. The summed E-state index contributed by atoms with van der Waals surface area (Å²) in [6.45, 7) is 0. The lowest BCUT2D eigenvalue weighted by Crippen LogP contribution is -2.13. The zero-order valence-corrected chi connectivity index (χ0v) is 11.3. The molecule has 0 aromatic carbocycles. The molecule has 0 aliphatic rings. The van der Waals surface area contributed by atoms with Gasteiger partial charge in [0.05, 0.1) is 0 Å². The Bertz CT molecular complexity index is 143. The Hall–Kier alpha value is 2.04. The van der Waals surface area contributed by atoms with E-state index >= 15 is 0 Å². The molecule has 0 fully saturated rings. The van der Waals surface area contributed by atoms with Crippen LogP contribution in [0.3, 0.4) is 0 Å². The van der Waals surface area contributed by atoms with Gasteiger partial charge in [0.2, 0.25) is 3.79 Å². The topological polar surface area (TPSA) is 12.4 Å². The fourth-order valence-electron chi connectivity index (χ4n) is 0.159. The molecule has 0 spiro atoms. The van der Waals surface area contributed by atoms with Gasteiger partial charge >= 0.3 is 4.50 Å². The second kappa shape index (κ2) is 4.92. The number of rotatable bonds is 1. The highest BCUT2D eigenvalue weighted by Gasteiger charge is 2.26. The maximum absolute atomic E-state index is 5.44. The molecule has 0 radical (unpaired) electrons. The first kappa shape index (κ1) is 12.0. The summed E-state index contributed by atoms with van der Waals surface area (Å²) in [4.78, 5) is 3.82. The molecule has 0 N–H and O–H groups in total. The molecule has 0 heterocycles. The standard InChI is InChI=1S/C2BBr3Cl3N/c4-1(2(7,8)9)10-3(5)6. The van der Waals surface area contributed by atoms with Crippen LogP contribution in [0.1, 0.15) is 0 Å². The van der Waals surface area contributed by atoms with Crippen molar-refractivity contribution in [2.24, 2.45) is 4.90 Å². The number of hydrogen-bond donors (Lipinski definition) is 0. The highest BCUT2D eigenvalue weighted by Crippen LogP contribution is 2.31. The second-order valence-corrected chi connectivity index (χ2v) is 7.19.